The molecule has 0 saturated heterocycles. The minimum absolute atomic E-state index is 0.0842. The van der Waals surface area contributed by atoms with Gasteiger partial charge >= 0.3 is 5.97 Å². The molecule has 0 unspecified atom stereocenters. The van der Waals surface area contributed by atoms with Crippen molar-refractivity contribution in [2.45, 2.75) is 65.2 Å². The van der Waals surface area contributed by atoms with E-state index < -0.39 is 5.97 Å². The summed E-state index contributed by atoms with van der Waals surface area (Å²) < 4.78 is 5.58. The van der Waals surface area contributed by atoms with Crippen LogP contribution in [0.15, 0.2) is 10.5 Å². The fourth-order valence-corrected chi connectivity index (χ4v) is 2.24. The molecule has 0 aliphatic carbocycles. The van der Waals surface area contributed by atoms with E-state index in [1.165, 1.54) is 0 Å². The van der Waals surface area contributed by atoms with Gasteiger partial charge in [0.05, 0.1) is 5.56 Å². The number of carbonyl (C=O) groups excluding carboxylic acids is 1. The molecule has 1 amide bonds. The minimum atomic E-state index is -0.733. The van der Waals surface area contributed by atoms with Crippen molar-refractivity contribution in [3.05, 3.63) is 23.2 Å². The quantitative estimate of drug-likeness (QED) is 0.643. The van der Waals surface area contributed by atoms with Crippen LogP contribution in [-0.2, 0) is 4.79 Å². The number of furan rings is 1. The number of carboxylic acid groups (broad SMARTS) is 1. The summed E-state index contributed by atoms with van der Waals surface area (Å²) in [5.41, 5.74) is 0.616. The number of amides is 1. The van der Waals surface area contributed by atoms with Crippen molar-refractivity contribution in [3.63, 3.8) is 0 Å². The Morgan fingerprint density at radius 1 is 1.18 bits per heavy atom. The van der Waals surface area contributed by atoms with Crippen molar-refractivity contribution in [1.29, 1.82) is 0 Å². The molecule has 0 aromatic carbocycles. The molecule has 22 heavy (non-hydrogen) atoms. The van der Waals surface area contributed by atoms with Gasteiger partial charge in [-0.05, 0) is 25.8 Å². The highest BCUT2D eigenvalue weighted by molar-refractivity contribution is 5.95. The van der Waals surface area contributed by atoms with Crippen molar-refractivity contribution in [2.75, 3.05) is 6.54 Å². The standard InChI is InChI=1S/C17H27NO4/c1-12(2)15-11-14(13(3)22-15)17(21)18-10-8-6-4-5-7-9-16(19)20/h11-12H,4-10H2,1-3H3,(H,18,21)(H,19,20). The van der Waals surface area contributed by atoms with E-state index in [2.05, 4.69) is 5.32 Å². The van der Waals surface area contributed by atoms with Crippen molar-refractivity contribution in [2.24, 2.45) is 0 Å². The Balaban J connectivity index is 2.20. The summed E-state index contributed by atoms with van der Waals surface area (Å²) in [6, 6.07) is 1.82. The summed E-state index contributed by atoms with van der Waals surface area (Å²) in [6.07, 6.45) is 4.82. The first-order valence-corrected chi connectivity index (χ1v) is 8.02. The van der Waals surface area contributed by atoms with Crippen LogP contribution < -0.4 is 5.32 Å². The lowest BCUT2D eigenvalue weighted by molar-refractivity contribution is -0.137. The molecule has 0 fully saturated rings. The van der Waals surface area contributed by atoms with Crippen LogP contribution in [0.2, 0.25) is 0 Å². The van der Waals surface area contributed by atoms with Crippen LogP contribution >= 0.6 is 0 Å². The lowest BCUT2D eigenvalue weighted by Gasteiger charge is -2.04. The van der Waals surface area contributed by atoms with Gasteiger partial charge in [0.2, 0.25) is 0 Å². The Kier molecular flexibility index (Phi) is 7.71. The fourth-order valence-electron chi connectivity index (χ4n) is 2.24. The average molecular weight is 309 g/mol. The number of nitrogens with one attached hydrogen (secondary N) is 1. The van der Waals surface area contributed by atoms with Crippen LogP contribution in [0.1, 0.15) is 80.2 Å². The molecule has 0 saturated carbocycles. The molecular weight excluding hydrogens is 282 g/mol. The van der Waals surface area contributed by atoms with Crippen molar-refractivity contribution in [3.8, 4) is 0 Å². The Morgan fingerprint density at radius 2 is 1.82 bits per heavy atom. The highest BCUT2D eigenvalue weighted by Crippen LogP contribution is 2.21. The molecule has 0 bridgehead atoms. The number of carboxylic acids is 1. The Bertz CT molecular complexity index is 491. The lowest BCUT2D eigenvalue weighted by Crippen LogP contribution is -2.24. The summed E-state index contributed by atoms with van der Waals surface area (Å²) >= 11 is 0. The zero-order chi connectivity index (χ0) is 16.5. The first kappa shape index (κ1) is 18.3. The number of hydrogen-bond donors (Lipinski definition) is 2. The van der Waals surface area contributed by atoms with E-state index in [1.807, 2.05) is 26.8 Å². The summed E-state index contributed by atoms with van der Waals surface area (Å²) in [5.74, 6) is 0.949. The van der Waals surface area contributed by atoms with Crippen LogP contribution in [0.4, 0.5) is 0 Å². The number of unbranched alkanes of at least 4 members (excludes halogenated alkanes) is 4. The predicted molar refractivity (Wildman–Crippen MR) is 85.2 cm³/mol. The van der Waals surface area contributed by atoms with Crippen molar-refractivity contribution < 1.29 is 19.1 Å². The minimum Gasteiger partial charge on any atom is -0.481 e. The molecule has 124 valence electrons. The number of aryl methyl sites for hydroxylation is 1. The van der Waals surface area contributed by atoms with E-state index >= 15 is 0 Å². The molecular formula is C17H27NO4. The Morgan fingerprint density at radius 3 is 2.41 bits per heavy atom. The molecule has 2 N–H and O–H groups in total. The van der Waals surface area contributed by atoms with Crippen LogP contribution in [0, 0.1) is 6.92 Å². The highest BCUT2D eigenvalue weighted by atomic mass is 16.4. The third-order valence-corrected chi connectivity index (χ3v) is 3.60. The number of rotatable bonds is 10. The molecule has 5 nitrogen and oxygen atoms in total. The number of hydrogen-bond acceptors (Lipinski definition) is 3. The molecule has 0 aliphatic heterocycles. The van der Waals surface area contributed by atoms with Gasteiger partial charge in [-0.3, -0.25) is 9.59 Å². The van der Waals surface area contributed by atoms with E-state index in [9.17, 15) is 9.59 Å². The van der Waals surface area contributed by atoms with E-state index in [4.69, 9.17) is 9.52 Å². The molecule has 0 atom stereocenters. The highest BCUT2D eigenvalue weighted by Gasteiger charge is 2.15. The molecule has 0 aliphatic rings. The van der Waals surface area contributed by atoms with Gasteiger partial charge in [0, 0.05) is 18.9 Å². The molecule has 0 spiro atoms. The van der Waals surface area contributed by atoms with Gasteiger partial charge in [-0.2, -0.15) is 0 Å². The van der Waals surface area contributed by atoms with Crippen molar-refractivity contribution in [1.82, 2.24) is 5.32 Å². The van der Waals surface area contributed by atoms with Gasteiger partial charge in [0.25, 0.3) is 5.91 Å². The number of aliphatic carboxylic acids is 1. The largest absolute Gasteiger partial charge is 0.481 e. The third-order valence-electron chi connectivity index (χ3n) is 3.60. The predicted octanol–water partition coefficient (Wildman–Crippen LogP) is 3.87. The van der Waals surface area contributed by atoms with Gasteiger partial charge in [-0.1, -0.05) is 33.1 Å². The van der Waals surface area contributed by atoms with E-state index in [-0.39, 0.29) is 18.2 Å². The normalized spacial score (nSPS) is 10.9. The first-order valence-electron chi connectivity index (χ1n) is 8.02. The van der Waals surface area contributed by atoms with Crippen LogP contribution in [0.5, 0.6) is 0 Å². The molecule has 0 radical (unpaired) electrons. The van der Waals surface area contributed by atoms with E-state index in [0.717, 1.165) is 37.9 Å². The SMILES string of the molecule is Cc1oc(C(C)C)cc1C(=O)NCCCCCCCC(=O)O. The van der Waals surface area contributed by atoms with Crippen LogP contribution in [0.25, 0.3) is 0 Å². The van der Waals surface area contributed by atoms with Crippen LogP contribution in [0.3, 0.4) is 0 Å². The topological polar surface area (TPSA) is 79.5 Å². The van der Waals surface area contributed by atoms with E-state index in [0.29, 0.717) is 17.9 Å². The van der Waals surface area contributed by atoms with Gasteiger partial charge < -0.3 is 14.8 Å². The summed E-state index contributed by atoms with van der Waals surface area (Å²) in [5, 5.41) is 11.4. The lowest BCUT2D eigenvalue weighted by atomic mass is 10.1. The second-order valence-electron chi connectivity index (χ2n) is 5.94. The van der Waals surface area contributed by atoms with Gasteiger partial charge in [0.1, 0.15) is 11.5 Å². The Hall–Kier alpha value is -1.78. The van der Waals surface area contributed by atoms with E-state index in [1.54, 1.807) is 0 Å². The second-order valence-corrected chi connectivity index (χ2v) is 5.94. The van der Waals surface area contributed by atoms with Gasteiger partial charge in [0.15, 0.2) is 0 Å². The molecule has 1 aromatic heterocycles. The summed E-state index contributed by atoms with van der Waals surface area (Å²) in [6.45, 7) is 6.51. The average Bonchev–Trinajstić information content (AvgIpc) is 2.83. The maximum Gasteiger partial charge on any atom is 0.303 e. The third kappa shape index (κ3) is 6.33. The molecule has 1 rings (SSSR count). The zero-order valence-corrected chi connectivity index (χ0v) is 13.8. The number of carbonyl (C=O) groups is 2. The fraction of sp³-hybridized carbons (Fsp3) is 0.647. The summed E-state index contributed by atoms with van der Waals surface area (Å²) in [7, 11) is 0. The van der Waals surface area contributed by atoms with Gasteiger partial charge in [-0.25, -0.2) is 0 Å². The Labute approximate surface area is 132 Å². The van der Waals surface area contributed by atoms with Gasteiger partial charge in [-0.15, -0.1) is 0 Å². The first-order chi connectivity index (χ1) is 10.4. The zero-order valence-electron chi connectivity index (χ0n) is 13.8. The summed E-state index contributed by atoms with van der Waals surface area (Å²) in [4.78, 5) is 22.4. The van der Waals surface area contributed by atoms with Crippen molar-refractivity contribution >= 4 is 11.9 Å². The maximum absolute atomic E-state index is 12.1. The van der Waals surface area contributed by atoms with Crippen LogP contribution in [-0.4, -0.2) is 23.5 Å². The molecule has 1 heterocycles. The maximum atomic E-state index is 12.1. The molecule has 5 heteroatoms. The monoisotopic (exact) mass is 309 g/mol. The molecule has 1 aromatic rings. The second kappa shape index (κ2) is 9.28. The smallest absolute Gasteiger partial charge is 0.303 e.